The Morgan fingerprint density at radius 3 is 2.70 bits per heavy atom. The Morgan fingerprint density at radius 1 is 1.30 bits per heavy atom. The van der Waals surface area contributed by atoms with Crippen molar-refractivity contribution in [3.63, 3.8) is 0 Å². The zero-order valence-electron chi connectivity index (χ0n) is 11.3. The first-order valence-electron chi connectivity index (χ1n) is 6.16. The van der Waals surface area contributed by atoms with E-state index in [0.717, 1.165) is 11.6 Å². The van der Waals surface area contributed by atoms with E-state index >= 15 is 0 Å². The zero-order chi connectivity index (χ0) is 15.0. The van der Waals surface area contributed by atoms with Crippen molar-refractivity contribution >= 4 is 11.8 Å². The summed E-state index contributed by atoms with van der Waals surface area (Å²) in [7, 11) is 0. The third kappa shape index (κ3) is 4.97. The van der Waals surface area contributed by atoms with Gasteiger partial charge in [0.25, 0.3) is 0 Å². The topological polar surface area (TPSA) is 78.4 Å². The van der Waals surface area contributed by atoms with Crippen LogP contribution in [-0.4, -0.2) is 23.5 Å². The maximum atomic E-state index is 11.5. The van der Waals surface area contributed by atoms with E-state index in [1.807, 2.05) is 13.0 Å². The van der Waals surface area contributed by atoms with Crippen molar-refractivity contribution in [2.24, 2.45) is 0 Å². The lowest BCUT2D eigenvalue weighted by Crippen LogP contribution is -2.23. The maximum Gasteiger partial charge on any atom is 0.243 e. The molecule has 0 spiro atoms. The number of rotatable bonds is 6. The number of amides is 2. The van der Waals surface area contributed by atoms with Crippen LogP contribution in [0.1, 0.15) is 11.1 Å². The summed E-state index contributed by atoms with van der Waals surface area (Å²) in [6.45, 7) is 5.69. The molecule has 106 valence electrons. The van der Waals surface area contributed by atoms with Gasteiger partial charge in [0.2, 0.25) is 11.8 Å². The first-order chi connectivity index (χ1) is 9.54. The van der Waals surface area contributed by atoms with E-state index in [-0.39, 0.29) is 30.7 Å². The molecule has 5 heteroatoms. The third-order valence-corrected chi connectivity index (χ3v) is 2.67. The van der Waals surface area contributed by atoms with Crippen LogP contribution in [0.15, 0.2) is 43.0 Å². The monoisotopic (exact) mass is 274 g/mol. The summed E-state index contributed by atoms with van der Waals surface area (Å²) >= 11 is 0. The molecule has 20 heavy (non-hydrogen) atoms. The van der Waals surface area contributed by atoms with Gasteiger partial charge >= 0.3 is 0 Å². The molecule has 0 atom stereocenters. The molecule has 1 rings (SSSR count). The number of phenolic OH excluding ortho intramolecular Hbond substituents is 1. The molecule has 0 aliphatic carbocycles. The van der Waals surface area contributed by atoms with Crippen LogP contribution in [-0.2, 0) is 16.1 Å². The van der Waals surface area contributed by atoms with Crippen molar-refractivity contribution in [3.8, 4) is 5.75 Å². The van der Waals surface area contributed by atoms with Crippen LogP contribution < -0.4 is 10.6 Å². The summed E-state index contributed by atoms with van der Waals surface area (Å²) in [5.41, 5.74) is 1.60. The Labute approximate surface area is 118 Å². The van der Waals surface area contributed by atoms with Crippen molar-refractivity contribution in [1.82, 2.24) is 10.6 Å². The number of benzene rings is 1. The number of hydrogen-bond donors (Lipinski definition) is 3. The van der Waals surface area contributed by atoms with Gasteiger partial charge in [-0.05, 0) is 24.6 Å². The highest BCUT2D eigenvalue weighted by atomic mass is 16.3. The molecule has 0 saturated carbocycles. The molecule has 0 heterocycles. The largest absolute Gasteiger partial charge is 0.508 e. The molecule has 1 aromatic rings. The van der Waals surface area contributed by atoms with Crippen molar-refractivity contribution < 1.29 is 14.7 Å². The normalized spacial score (nSPS) is 10.2. The van der Waals surface area contributed by atoms with E-state index in [1.54, 1.807) is 12.1 Å². The molecule has 0 saturated heterocycles. The fourth-order valence-electron chi connectivity index (χ4n) is 1.55. The molecule has 0 aliphatic rings. The molecule has 3 N–H and O–H groups in total. The molecule has 0 aromatic heterocycles. The summed E-state index contributed by atoms with van der Waals surface area (Å²) in [4.78, 5) is 22.4. The number of carbonyl (C=O) groups is 2. The summed E-state index contributed by atoms with van der Waals surface area (Å²) in [6.07, 6.45) is 4.03. The summed E-state index contributed by atoms with van der Waals surface area (Å²) in [5.74, 6) is -0.423. The predicted molar refractivity (Wildman–Crippen MR) is 77.0 cm³/mol. The molecular formula is C15H18N2O3. The van der Waals surface area contributed by atoms with Gasteiger partial charge in [0.15, 0.2) is 0 Å². The Balaban J connectivity index is 2.42. The molecule has 0 fully saturated rings. The van der Waals surface area contributed by atoms with Crippen LogP contribution in [0.3, 0.4) is 0 Å². The average Bonchev–Trinajstić information content (AvgIpc) is 2.42. The highest BCUT2D eigenvalue weighted by Gasteiger charge is 2.05. The maximum absolute atomic E-state index is 11.5. The van der Waals surface area contributed by atoms with E-state index in [4.69, 9.17) is 0 Å². The fraction of sp³-hybridized carbons (Fsp3) is 0.200. The summed E-state index contributed by atoms with van der Waals surface area (Å²) in [6, 6.07) is 5.19. The second-order valence-corrected chi connectivity index (χ2v) is 4.14. The number of aromatic hydroxyl groups is 1. The molecule has 2 amide bonds. The lowest BCUT2D eigenvalue weighted by molar-refractivity contribution is -0.117. The second-order valence-electron chi connectivity index (χ2n) is 4.14. The van der Waals surface area contributed by atoms with Gasteiger partial charge in [0.05, 0.1) is 0 Å². The van der Waals surface area contributed by atoms with E-state index in [0.29, 0.717) is 5.56 Å². The van der Waals surface area contributed by atoms with Crippen LogP contribution >= 0.6 is 0 Å². The second kappa shape index (κ2) is 7.78. The Bertz CT molecular complexity index is 516. The summed E-state index contributed by atoms with van der Waals surface area (Å²) in [5, 5.41) is 14.9. The Hall–Kier alpha value is -2.56. The van der Waals surface area contributed by atoms with Crippen molar-refractivity contribution in [2.75, 3.05) is 6.54 Å². The highest BCUT2D eigenvalue weighted by Crippen LogP contribution is 2.19. The van der Waals surface area contributed by atoms with E-state index < -0.39 is 0 Å². The fourth-order valence-corrected chi connectivity index (χ4v) is 1.55. The van der Waals surface area contributed by atoms with Gasteiger partial charge in [-0.15, -0.1) is 0 Å². The van der Waals surface area contributed by atoms with Crippen molar-refractivity contribution in [1.29, 1.82) is 0 Å². The number of hydrogen-bond acceptors (Lipinski definition) is 3. The van der Waals surface area contributed by atoms with Crippen molar-refractivity contribution in [2.45, 2.75) is 13.5 Å². The van der Waals surface area contributed by atoms with Gasteiger partial charge in [0.1, 0.15) is 5.75 Å². The third-order valence-electron chi connectivity index (χ3n) is 2.67. The minimum atomic E-state index is -0.292. The quantitative estimate of drug-likeness (QED) is 0.681. The van der Waals surface area contributed by atoms with Crippen LogP contribution in [0.4, 0.5) is 0 Å². The van der Waals surface area contributed by atoms with Crippen molar-refractivity contribution in [3.05, 3.63) is 54.1 Å². The van der Waals surface area contributed by atoms with Gasteiger partial charge in [-0.1, -0.05) is 24.8 Å². The van der Waals surface area contributed by atoms with Gasteiger partial charge in [-0.25, -0.2) is 0 Å². The Morgan fingerprint density at radius 2 is 2.05 bits per heavy atom. The van der Waals surface area contributed by atoms with Crippen LogP contribution in [0.5, 0.6) is 5.75 Å². The van der Waals surface area contributed by atoms with E-state index in [1.165, 1.54) is 12.2 Å². The molecule has 0 unspecified atom stereocenters. The molecule has 0 radical (unpaired) electrons. The smallest absolute Gasteiger partial charge is 0.243 e. The minimum absolute atomic E-state index is 0.160. The standard InChI is InChI=1S/C15H18N2O3/c1-3-14(19)16-9-5-8-15(20)17-10-12-11(2)6-4-7-13(12)18/h3-8,18H,1,9-10H2,2H3,(H,16,19)(H,17,20)/b8-5+. The lowest BCUT2D eigenvalue weighted by Gasteiger charge is -2.08. The molecule has 0 bridgehead atoms. The number of nitrogens with one attached hydrogen (secondary N) is 2. The number of phenols is 1. The van der Waals surface area contributed by atoms with Crippen LogP contribution in [0.25, 0.3) is 0 Å². The van der Waals surface area contributed by atoms with Crippen LogP contribution in [0.2, 0.25) is 0 Å². The van der Waals surface area contributed by atoms with Gasteiger partial charge in [-0.2, -0.15) is 0 Å². The van der Waals surface area contributed by atoms with E-state index in [9.17, 15) is 14.7 Å². The van der Waals surface area contributed by atoms with E-state index in [2.05, 4.69) is 17.2 Å². The summed E-state index contributed by atoms with van der Waals surface area (Å²) < 4.78 is 0. The average molecular weight is 274 g/mol. The zero-order valence-corrected chi connectivity index (χ0v) is 11.3. The van der Waals surface area contributed by atoms with Gasteiger partial charge in [0, 0.05) is 24.7 Å². The first-order valence-corrected chi connectivity index (χ1v) is 6.16. The van der Waals surface area contributed by atoms with Crippen LogP contribution in [0, 0.1) is 6.92 Å². The molecular weight excluding hydrogens is 256 g/mol. The number of carbonyl (C=O) groups excluding carboxylic acids is 2. The number of aryl methyl sites for hydroxylation is 1. The molecule has 1 aromatic carbocycles. The van der Waals surface area contributed by atoms with Gasteiger partial charge in [-0.3, -0.25) is 9.59 Å². The molecule has 5 nitrogen and oxygen atoms in total. The molecule has 0 aliphatic heterocycles. The highest BCUT2D eigenvalue weighted by molar-refractivity contribution is 5.88. The predicted octanol–water partition coefficient (Wildman–Crippen LogP) is 1.18. The first kappa shape index (κ1) is 15.5. The SMILES string of the molecule is C=CC(=O)NC/C=C/C(=O)NCc1c(C)cccc1O. The van der Waals surface area contributed by atoms with Gasteiger partial charge < -0.3 is 15.7 Å². The Kier molecular flexibility index (Phi) is 6.03. The minimum Gasteiger partial charge on any atom is -0.508 e. The lowest BCUT2D eigenvalue weighted by atomic mass is 10.1.